The Hall–Kier alpha value is -3.83. The van der Waals surface area contributed by atoms with Gasteiger partial charge in [0.1, 0.15) is 5.82 Å². The van der Waals surface area contributed by atoms with Crippen molar-refractivity contribution in [3.05, 3.63) is 53.7 Å². The van der Waals surface area contributed by atoms with Gasteiger partial charge in [0.2, 0.25) is 5.91 Å². The average molecular weight is 533 g/mol. The molecule has 5 rings (SSSR count). The van der Waals surface area contributed by atoms with Gasteiger partial charge < -0.3 is 16.0 Å². The van der Waals surface area contributed by atoms with E-state index in [9.17, 15) is 9.59 Å². The Kier molecular flexibility index (Phi) is 7.39. The summed E-state index contributed by atoms with van der Waals surface area (Å²) in [6.07, 6.45) is 3.60. The molecular formula is C27H32N8O2S. The summed E-state index contributed by atoms with van der Waals surface area (Å²) in [5.41, 5.74) is 8.80. The summed E-state index contributed by atoms with van der Waals surface area (Å²) < 4.78 is 1.71. The van der Waals surface area contributed by atoms with Crippen molar-refractivity contribution in [1.82, 2.24) is 29.8 Å². The zero-order chi connectivity index (χ0) is 26.8. The summed E-state index contributed by atoms with van der Waals surface area (Å²) in [7, 11) is 0. The van der Waals surface area contributed by atoms with Gasteiger partial charge in [-0.05, 0) is 49.7 Å². The normalized spacial score (nSPS) is 14.6. The number of anilines is 1. The molecule has 198 valence electrons. The number of aromatic nitrogens is 4. The van der Waals surface area contributed by atoms with Gasteiger partial charge >= 0.3 is 0 Å². The predicted octanol–water partition coefficient (Wildman–Crippen LogP) is 2.90. The molecule has 2 amide bonds. The molecule has 5 heterocycles. The van der Waals surface area contributed by atoms with Crippen LogP contribution in [0.1, 0.15) is 31.1 Å². The van der Waals surface area contributed by atoms with Crippen molar-refractivity contribution in [2.24, 2.45) is 11.7 Å². The highest BCUT2D eigenvalue weighted by Crippen LogP contribution is 2.31. The van der Waals surface area contributed by atoms with Crippen LogP contribution >= 0.6 is 11.3 Å². The molecule has 11 heteroatoms. The average Bonchev–Trinajstić information content (AvgIpc) is 3.56. The van der Waals surface area contributed by atoms with Crippen LogP contribution in [0.2, 0.25) is 0 Å². The number of pyridine rings is 1. The van der Waals surface area contributed by atoms with E-state index < -0.39 is 0 Å². The molecule has 0 radical (unpaired) electrons. The third-order valence-electron chi connectivity index (χ3n) is 7.09. The van der Waals surface area contributed by atoms with Crippen molar-refractivity contribution < 1.29 is 9.59 Å². The third kappa shape index (κ3) is 5.11. The number of carbonyl (C=O) groups excluding carboxylic acids is 2. The highest BCUT2D eigenvalue weighted by atomic mass is 32.1. The minimum atomic E-state index is -0.325. The van der Waals surface area contributed by atoms with E-state index in [1.165, 1.54) is 0 Å². The monoisotopic (exact) mass is 532 g/mol. The standard InChI is InChI=1S/C27H32N8O2S/c1-4-33(5-2)17(3)13-29-27(37)18-11-22(31-24(12-18)34-15-19(16-34)25(28)36)20-14-30-35-9-8-21(32-26(20)35)23-7-6-10-38-23/h6-12,14,17,19H,4-5,13,15-16H2,1-3H3,(H2,28,36)(H,29,37). The number of fused-ring (bicyclic) bond motifs is 1. The first-order valence-corrected chi connectivity index (χ1v) is 13.7. The highest BCUT2D eigenvalue weighted by molar-refractivity contribution is 7.13. The minimum absolute atomic E-state index is 0.176. The number of hydrogen-bond donors (Lipinski definition) is 2. The van der Waals surface area contributed by atoms with Crippen molar-refractivity contribution >= 4 is 34.6 Å². The van der Waals surface area contributed by atoms with Crippen LogP contribution in [0.25, 0.3) is 27.5 Å². The van der Waals surface area contributed by atoms with E-state index in [2.05, 4.69) is 36.1 Å². The Morgan fingerprint density at radius 2 is 1.97 bits per heavy atom. The van der Waals surface area contributed by atoms with Gasteiger partial charge in [0.05, 0.1) is 33.9 Å². The van der Waals surface area contributed by atoms with Crippen LogP contribution in [0.15, 0.2) is 48.1 Å². The molecule has 1 fully saturated rings. The first kappa shape index (κ1) is 25.8. The third-order valence-corrected chi connectivity index (χ3v) is 7.99. The molecule has 0 aliphatic carbocycles. The summed E-state index contributed by atoms with van der Waals surface area (Å²) >= 11 is 1.62. The van der Waals surface area contributed by atoms with Crippen LogP contribution < -0.4 is 16.0 Å². The first-order chi connectivity index (χ1) is 18.4. The van der Waals surface area contributed by atoms with Gasteiger partial charge in [0.25, 0.3) is 5.91 Å². The molecule has 0 saturated carbocycles. The smallest absolute Gasteiger partial charge is 0.251 e. The van der Waals surface area contributed by atoms with E-state index in [4.69, 9.17) is 15.7 Å². The Labute approximate surface area is 225 Å². The number of primary amides is 1. The molecule has 0 bridgehead atoms. The number of nitrogens with two attached hydrogens (primary N) is 1. The molecule has 4 aromatic rings. The van der Waals surface area contributed by atoms with Gasteiger partial charge in [-0.3, -0.25) is 14.5 Å². The number of amides is 2. The number of nitrogens with zero attached hydrogens (tertiary/aromatic N) is 6. The number of hydrogen-bond acceptors (Lipinski definition) is 8. The fraction of sp³-hybridized carbons (Fsp3) is 0.370. The van der Waals surface area contributed by atoms with Gasteiger partial charge in [0, 0.05) is 37.4 Å². The molecule has 1 aliphatic rings. The number of nitrogens with one attached hydrogen (secondary N) is 1. The van der Waals surface area contributed by atoms with Gasteiger partial charge in [-0.2, -0.15) is 5.10 Å². The molecule has 1 unspecified atom stereocenters. The van der Waals surface area contributed by atoms with E-state index in [1.54, 1.807) is 34.2 Å². The Morgan fingerprint density at radius 1 is 1.18 bits per heavy atom. The van der Waals surface area contributed by atoms with Gasteiger partial charge in [-0.15, -0.1) is 11.3 Å². The second-order valence-electron chi connectivity index (χ2n) is 9.50. The SMILES string of the molecule is CCN(CC)C(C)CNC(=O)c1cc(-c2cnn3ccc(-c4cccs4)nc23)nc(N2CC(C(N)=O)C2)c1. The largest absolute Gasteiger partial charge is 0.369 e. The van der Waals surface area contributed by atoms with E-state index in [0.717, 1.165) is 29.2 Å². The lowest BCUT2D eigenvalue weighted by Crippen LogP contribution is -2.53. The minimum Gasteiger partial charge on any atom is -0.369 e. The van der Waals surface area contributed by atoms with Crippen molar-refractivity contribution in [3.63, 3.8) is 0 Å². The summed E-state index contributed by atoms with van der Waals surface area (Å²) in [5.74, 6) is -0.103. The lowest BCUT2D eigenvalue weighted by atomic mass is 9.99. The zero-order valence-electron chi connectivity index (χ0n) is 21.8. The Bertz CT molecular complexity index is 1440. The maximum Gasteiger partial charge on any atom is 0.251 e. The van der Waals surface area contributed by atoms with Crippen LogP contribution in [0.5, 0.6) is 0 Å². The molecule has 1 saturated heterocycles. The van der Waals surface area contributed by atoms with Crippen LogP contribution in [-0.4, -0.2) is 75.1 Å². The molecule has 0 spiro atoms. The molecule has 4 aromatic heterocycles. The van der Waals surface area contributed by atoms with Crippen LogP contribution in [0, 0.1) is 5.92 Å². The Balaban J connectivity index is 1.49. The fourth-order valence-corrected chi connectivity index (χ4v) is 5.42. The van der Waals surface area contributed by atoms with Crippen molar-refractivity contribution in [2.75, 3.05) is 37.6 Å². The Morgan fingerprint density at radius 3 is 2.66 bits per heavy atom. The van der Waals surface area contributed by atoms with E-state index >= 15 is 0 Å². The number of rotatable bonds is 10. The summed E-state index contributed by atoms with van der Waals surface area (Å²) in [5, 5.41) is 9.56. The van der Waals surface area contributed by atoms with Crippen LogP contribution in [-0.2, 0) is 4.79 Å². The molecule has 38 heavy (non-hydrogen) atoms. The lowest BCUT2D eigenvalue weighted by molar-refractivity contribution is -0.122. The molecule has 0 aromatic carbocycles. The van der Waals surface area contributed by atoms with Crippen molar-refractivity contribution in [1.29, 1.82) is 0 Å². The quantitative estimate of drug-likeness (QED) is 0.322. The van der Waals surface area contributed by atoms with Gasteiger partial charge in [-0.1, -0.05) is 19.9 Å². The van der Waals surface area contributed by atoms with Crippen LogP contribution in [0.4, 0.5) is 5.82 Å². The summed E-state index contributed by atoms with van der Waals surface area (Å²) in [6.45, 7) is 9.65. The molecule has 10 nitrogen and oxygen atoms in total. The fourth-order valence-electron chi connectivity index (χ4n) is 4.72. The number of carbonyl (C=O) groups is 2. The second kappa shape index (κ2) is 10.9. The maximum absolute atomic E-state index is 13.3. The number of likely N-dealkylation sites (N-methyl/N-ethyl adjacent to an activating group) is 1. The zero-order valence-corrected chi connectivity index (χ0v) is 22.6. The molecule has 1 atom stereocenters. The van der Waals surface area contributed by atoms with Gasteiger partial charge in [-0.25, -0.2) is 14.5 Å². The first-order valence-electron chi connectivity index (χ1n) is 12.8. The maximum atomic E-state index is 13.3. The predicted molar refractivity (Wildman–Crippen MR) is 149 cm³/mol. The van der Waals surface area contributed by atoms with Crippen molar-refractivity contribution in [3.8, 4) is 21.8 Å². The van der Waals surface area contributed by atoms with Crippen LogP contribution in [0.3, 0.4) is 0 Å². The molecule has 1 aliphatic heterocycles. The van der Waals surface area contributed by atoms with E-state index in [-0.39, 0.29) is 23.8 Å². The van der Waals surface area contributed by atoms with Crippen molar-refractivity contribution in [2.45, 2.75) is 26.8 Å². The lowest BCUT2D eigenvalue weighted by Gasteiger charge is -2.38. The summed E-state index contributed by atoms with van der Waals surface area (Å²) in [6, 6.07) is 9.71. The second-order valence-corrected chi connectivity index (χ2v) is 10.4. The highest BCUT2D eigenvalue weighted by Gasteiger charge is 2.32. The van der Waals surface area contributed by atoms with Gasteiger partial charge in [0.15, 0.2) is 5.65 Å². The summed E-state index contributed by atoms with van der Waals surface area (Å²) in [4.78, 5) is 40.0. The number of thiophene rings is 1. The van der Waals surface area contributed by atoms with E-state index in [1.807, 2.05) is 34.7 Å². The molecular weight excluding hydrogens is 500 g/mol. The topological polar surface area (TPSA) is 122 Å². The molecule has 3 N–H and O–H groups in total. The van der Waals surface area contributed by atoms with E-state index in [0.29, 0.717) is 42.4 Å².